The van der Waals surface area contributed by atoms with Crippen LogP contribution in [0.2, 0.25) is 0 Å². The van der Waals surface area contributed by atoms with Gasteiger partial charge >= 0.3 is 5.97 Å². The van der Waals surface area contributed by atoms with Crippen LogP contribution in [-0.2, 0) is 14.3 Å². The summed E-state index contributed by atoms with van der Waals surface area (Å²) >= 11 is 0. The Balaban J connectivity index is 2.33. The number of carbonyl (C=O) groups excluding carboxylic acids is 2. The number of phenolic OH excluding ortho intramolecular Hbond substituents is 1. The number of aliphatic hydroxyl groups excluding tert-OH is 1. The minimum Gasteiger partial charge on any atom is -0.504 e. The third-order valence-corrected chi connectivity index (χ3v) is 2.19. The van der Waals surface area contributed by atoms with Crippen molar-refractivity contribution >= 4 is 11.9 Å². The maximum atomic E-state index is 11.4. The highest BCUT2D eigenvalue weighted by molar-refractivity contribution is 5.79. The van der Waals surface area contributed by atoms with Crippen molar-refractivity contribution in [2.75, 3.05) is 20.3 Å². The number of amides is 1. The van der Waals surface area contributed by atoms with Crippen LogP contribution >= 0.6 is 0 Å². The van der Waals surface area contributed by atoms with Crippen molar-refractivity contribution in [2.24, 2.45) is 0 Å². The van der Waals surface area contributed by atoms with Gasteiger partial charge in [-0.3, -0.25) is 4.79 Å². The molecule has 0 aliphatic rings. The molecule has 0 aromatic heterocycles. The molecule has 1 amide bonds. The summed E-state index contributed by atoms with van der Waals surface area (Å²) in [6, 6.07) is 6.20. The van der Waals surface area contributed by atoms with Gasteiger partial charge in [-0.2, -0.15) is 0 Å². The molecule has 0 fully saturated rings. The van der Waals surface area contributed by atoms with Gasteiger partial charge in [-0.15, -0.1) is 0 Å². The van der Waals surface area contributed by atoms with Crippen LogP contribution in [-0.4, -0.2) is 48.5 Å². The summed E-state index contributed by atoms with van der Waals surface area (Å²) in [7, 11) is 1.13. The number of carbonyl (C=O) groups is 2. The molecule has 1 atom stereocenters. The summed E-state index contributed by atoms with van der Waals surface area (Å²) in [5, 5.41) is 20.9. The Morgan fingerprint density at radius 2 is 2.05 bits per heavy atom. The second-order valence-electron chi connectivity index (χ2n) is 3.60. The monoisotopic (exact) mass is 269 g/mol. The quantitative estimate of drug-likeness (QED) is 0.597. The van der Waals surface area contributed by atoms with Crippen molar-refractivity contribution in [2.45, 2.75) is 6.10 Å². The molecule has 0 bridgehead atoms. The van der Waals surface area contributed by atoms with E-state index < -0.39 is 18.0 Å². The van der Waals surface area contributed by atoms with E-state index in [-0.39, 0.29) is 24.7 Å². The SMILES string of the molecule is COC(=O)C(O)CNC(=O)COc1ccccc1O. The van der Waals surface area contributed by atoms with Crippen LogP contribution < -0.4 is 10.1 Å². The summed E-state index contributed by atoms with van der Waals surface area (Å²) in [4.78, 5) is 22.2. The lowest BCUT2D eigenvalue weighted by Crippen LogP contribution is -2.39. The molecule has 1 unspecified atom stereocenters. The van der Waals surface area contributed by atoms with E-state index in [0.29, 0.717) is 0 Å². The molecule has 1 aromatic carbocycles. The molecule has 7 heteroatoms. The molecular formula is C12H15NO6. The molecule has 0 spiro atoms. The van der Waals surface area contributed by atoms with Crippen molar-refractivity contribution in [1.82, 2.24) is 5.32 Å². The van der Waals surface area contributed by atoms with Gasteiger partial charge in [0.25, 0.3) is 5.91 Å². The Morgan fingerprint density at radius 3 is 2.68 bits per heavy atom. The van der Waals surface area contributed by atoms with E-state index in [2.05, 4.69) is 10.1 Å². The number of ether oxygens (including phenoxy) is 2. The molecule has 0 aliphatic heterocycles. The fourth-order valence-electron chi connectivity index (χ4n) is 1.20. The van der Waals surface area contributed by atoms with Crippen LogP contribution in [0, 0.1) is 0 Å². The summed E-state index contributed by atoms with van der Waals surface area (Å²) in [6.45, 7) is -0.610. The second-order valence-corrected chi connectivity index (χ2v) is 3.60. The van der Waals surface area contributed by atoms with E-state index >= 15 is 0 Å². The van der Waals surface area contributed by atoms with E-state index in [1.165, 1.54) is 12.1 Å². The maximum Gasteiger partial charge on any atom is 0.336 e. The van der Waals surface area contributed by atoms with Crippen molar-refractivity contribution in [3.05, 3.63) is 24.3 Å². The molecule has 7 nitrogen and oxygen atoms in total. The Morgan fingerprint density at radius 1 is 1.37 bits per heavy atom. The van der Waals surface area contributed by atoms with Crippen molar-refractivity contribution in [3.63, 3.8) is 0 Å². The van der Waals surface area contributed by atoms with Crippen LogP contribution in [0.1, 0.15) is 0 Å². The Bertz CT molecular complexity index is 448. The first kappa shape index (κ1) is 14.8. The van der Waals surface area contributed by atoms with Gasteiger partial charge in [0.15, 0.2) is 24.2 Å². The number of aliphatic hydroxyl groups is 1. The third-order valence-electron chi connectivity index (χ3n) is 2.19. The summed E-state index contributed by atoms with van der Waals surface area (Å²) in [5.41, 5.74) is 0. The number of methoxy groups -OCH3 is 1. The molecular weight excluding hydrogens is 254 g/mol. The van der Waals surface area contributed by atoms with Gasteiger partial charge in [-0.25, -0.2) is 4.79 Å². The number of esters is 1. The number of para-hydroxylation sites is 2. The Hall–Kier alpha value is -2.28. The van der Waals surface area contributed by atoms with Gasteiger partial charge in [0, 0.05) is 0 Å². The first-order chi connectivity index (χ1) is 9.04. The molecule has 1 rings (SSSR count). The number of benzene rings is 1. The van der Waals surface area contributed by atoms with Crippen LogP contribution in [0.4, 0.5) is 0 Å². The minimum atomic E-state index is -1.42. The van der Waals surface area contributed by atoms with Crippen LogP contribution in [0.3, 0.4) is 0 Å². The lowest BCUT2D eigenvalue weighted by molar-refractivity contribution is -0.150. The molecule has 0 radical (unpaired) electrons. The van der Waals surface area contributed by atoms with E-state index in [4.69, 9.17) is 4.74 Å². The number of hydrogen-bond donors (Lipinski definition) is 3. The van der Waals surface area contributed by atoms with Crippen molar-refractivity contribution < 1.29 is 29.3 Å². The zero-order chi connectivity index (χ0) is 14.3. The number of hydrogen-bond acceptors (Lipinski definition) is 6. The van der Waals surface area contributed by atoms with Crippen molar-refractivity contribution in [1.29, 1.82) is 0 Å². The molecule has 0 saturated heterocycles. The van der Waals surface area contributed by atoms with Gasteiger partial charge < -0.3 is 25.0 Å². The molecule has 0 aliphatic carbocycles. The number of phenols is 1. The van der Waals surface area contributed by atoms with Crippen LogP contribution in [0.15, 0.2) is 24.3 Å². The molecule has 1 aromatic rings. The van der Waals surface area contributed by atoms with Gasteiger partial charge in [-0.1, -0.05) is 12.1 Å². The summed E-state index contributed by atoms with van der Waals surface area (Å²) < 4.78 is 9.34. The molecule has 3 N–H and O–H groups in total. The topological polar surface area (TPSA) is 105 Å². The van der Waals surface area contributed by atoms with Gasteiger partial charge in [0.2, 0.25) is 0 Å². The van der Waals surface area contributed by atoms with Crippen LogP contribution in [0.25, 0.3) is 0 Å². The maximum absolute atomic E-state index is 11.4. The predicted octanol–water partition coefficient (Wildman–Crippen LogP) is -0.579. The van der Waals surface area contributed by atoms with Gasteiger partial charge in [0.1, 0.15) is 0 Å². The van der Waals surface area contributed by atoms with E-state index in [1.807, 2.05) is 0 Å². The highest BCUT2D eigenvalue weighted by Crippen LogP contribution is 2.23. The Labute approximate surface area is 109 Å². The average Bonchev–Trinajstić information content (AvgIpc) is 2.42. The zero-order valence-corrected chi connectivity index (χ0v) is 10.3. The largest absolute Gasteiger partial charge is 0.504 e. The van der Waals surface area contributed by atoms with E-state index in [9.17, 15) is 19.8 Å². The van der Waals surface area contributed by atoms with Gasteiger partial charge in [-0.05, 0) is 12.1 Å². The first-order valence-corrected chi connectivity index (χ1v) is 5.48. The number of aromatic hydroxyl groups is 1. The lowest BCUT2D eigenvalue weighted by atomic mass is 10.3. The molecule has 0 heterocycles. The predicted molar refractivity (Wildman–Crippen MR) is 64.6 cm³/mol. The van der Waals surface area contributed by atoms with Gasteiger partial charge in [0.05, 0.1) is 13.7 Å². The average molecular weight is 269 g/mol. The first-order valence-electron chi connectivity index (χ1n) is 5.48. The number of rotatable bonds is 6. The fourth-order valence-corrected chi connectivity index (χ4v) is 1.20. The normalized spacial score (nSPS) is 11.5. The highest BCUT2D eigenvalue weighted by atomic mass is 16.5. The standard InChI is InChI=1S/C12H15NO6/c1-18-12(17)9(15)6-13-11(16)7-19-10-5-3-2-4-8(10)14/h2-5,9,14-15H,6-7H2,1H3,(H,13,16). The third kappa shape index (κ3) is 4.84. The fraction of sp³-hybridized carbons (Fsp3) is 0.333. The van der Waals surface area contributed by atoms with E-state index in [0.717, 1.165) is 7.11 Å². The summed E-state index contributed by atoms with van der Waals surface area (Å²) in [5.74, 6) is -1.27. The Kier molecular flexibility index (Phi) is 5.62. The zero-order valence-electron chi connectivity index (χ0n) is 10.3. The molecule has 104 valence electrons. The van der Waals surface area contributed by atoms with E-state index in [1.54, 1.807) is 12.1 Å². The lowest BCUT2D eigenvalue weighted by Gasteiger charge is -2.11. The highest BCUT2D eigenvalue weighted by Gasteiger charge is 2.16. The summed E-state index contributed by atoms with van der Waals surface area (Å²) in [6.07, 6.45) is -1.42. The number of nitrogens with one attached hydrogen (secondary N) is 1. The smallest absolute Gasteiger partial charge is 0.336 e. The minimum absolute atomic E-state index is 0.0788. The second kappa shape index (κ2) is 7.22. The molecule has 19 heavy (non-hydrogen) atoms. The van der Waals surface area contributed by atoms with Crippen molar-refractivity contribution in [3.8, 4) is 11.5 Å². The van der Waals surface area contributed by atoms with Crippen LogP contribution in [0.5, 0.6) is 11.5 Å². The molecule has 0 saturated carbocycles.